The summed E-state index contributed by atoms with van der Waals surface area (Å²) in [5, 5.41) is 0. The molecule has 0 saturated heterocycles. The summed E-state index contributed by atoms with van der Waals surface area (Å²) in [4.78, 5) is 15.2. The molecule has 0 saturated carbocycles. The summed E-state index contributed by atoms with van der Waals surface area (Å²) in [6.07, 6.45) is 9.19. The van der Waals surface area contributed by atoms with Crippen molar-refractivity contribution in [2.75, 3.05) is 0 Å². The number of carbonyl (C=O) groups is 1. The van der Waals surface area contributed by atoms with Gasteiger partial charge in [-0.05, 0) is 37.3 Å². The molecule has 0 radical (unpaired) electrons. The van der Waals surface area contributed by atoms with Crippen LogP contribution in [0.4, 0.5) is 0 Å². The number of aromatic nitrogens is 1. The molecule has 0 fully saturated rings. The number of hydrogen-bond donors (Lipinski definition) is 1. The van der Waals surface area contributed by atoms with E-state index >= 15 is 0 Å². The number of aryl methyl sites for hydroxylation is 1. The second-order valence-electron chi connectivity index (χ2n) is 4.09. The van der Waals surface area contributed by atoms with Crippen LogP contribution in [0.25, 0.3) is 6.08 Å². The Morgan fingerprint density at radius 2 is 2.14 bits per heavy atom. The van der Waals surface area contributed by atoms with Gasteiger partial charge in [-0.1, -0.05) is 6.08 Å². The van der Waals surface area contributed by atoms with Crippen molar-refractivity contribution in [3.05, 3.63) is 28.6 Å². The minimum absolute atomic E-state index is 0.346. The van der Waals surface area contributed by atoms with Gasteiger partial charge in [-0.15, -0.1) is 0 Å². The van der Waals surface area contributed by atoms with Crippen LogP contribution in [0.5, 0.6) is 0 Å². The molecule has 2 nitrogen and oxygen atoms in total. The van der Waals surface area contributed by atoms with Crippen LogP contribution in [0.2, 0.25) is 0 Å². The molecule has 0 bridgehead atoms. The molecule has 3 rings (SSSR count). The zero-order valence-electron chi connectivity index (χ0n) is 8.10. The second-order valence-corrected chi connectivity index (χ2v) is 4.09. The molecule has 0 spiro atoms. The molecule has 2 heteroatoms. The van der Waals surface area contributed by atoms with E-state index in [9.17, 15) is 4.79 Å². The van der Waals surface area contributed by atoms with E-state index in [1.54, 1.807) is 0 Å². The number of H-pyrrole nitrogens is 1. The highest BCUT2D eigenvalue weighted by atomic mass is 16.1. The van der Waals surface area contributed by atoms with Crippen molar-refractivity contribution in [1.82, 2.24) is 4.98 Å². The Balaban J connectivity index is 2.22. The molecule has 1 aromatic rings. The molecule has 72 valence electrons. The van der Waals surface area contributed by atoms with Crippen molar-refractivity contribution in [3.8, 4) is 0 Å². The van der Waals surface area contributed by atoms with Crippen molar-refractivity contribution in [2.45, 2.75) is 32.1 Å². The zero-order valence-corrected chi connectivity index (χ0v) is 8.10. The number of Topliss-reactive ketones (excluding diaryl/α,β-unsaturated/α-hetero) is 1. The van der Waals surface area contributed by atoms with E-state index in [4.69, 9.17) is 0 Å². The van der Waals surface area contributed by atoms with E-state index in [2.05, 4.69) is 17.1 Å². The monoisotopic (exact) mass is 187 g/mol. The summed E-state index contributed by atoms with van der Waals surface area (Å²) in [5.74, 6) is 0.346. The predicted molar refractivity (Wildman–Crippen MR) is 55.4 cm³/mol. The Morgan fingerprint density at radius 3 is 3.07 bits per heavy atom. The van der Waals surface area contributed by atoms with Gasteiger partial charge in [0.25, 0.3) is 0 Å². The topological polar surface area (TPSA) is 32.9 Å². The molecule has 14 heavy (non-hydrogen) atoms. The fourth-order valence-corrected chi connectivity index (χ4v) is 2.52. The van der Waals surface area contributed by atoms with Gasteiger partial charge < -0.3 is 4.98 Å². The minimum Gasteiger partial charge on any atom is -0.358 e. The molecule has 1 aromatic heterocycles. The summed E-state index contributed by atoms with van der Waals surface area (Å²) in [7, 11) is 0. The number of fused-ring (bicyclic) bond motifs is 3. The molecule has 1 N–H and O–H groups in total. The third-order valence-corrected chi connectivity index (χ3v) is 3.17. The lowest BCUT2D eigenvalue weighted by atomic mass is 9.90. The van der Waals surface area contributed by atoms with Crippen molar-refractivity contribution < 1.29 is 4.79 Å². The first-order valence-electron chi connectivity index (χ1n) is 5.30. The molecule has 0 atom stereocenters. The van der Waals surface area contributed by atoms with Gasteiger partial charge in [0.15, 0.2) is 5.78 Å². The molecule has 2 aliphatic carbocycles. The summed E-state index contributed by atoms with van der Waals surface area (Å²) in [6, 6.07) is 0. The fourth-order valence-electron chi connectivity index (χ4n) is 2.52. The average molecular weight is 187 g/mol. The summed E-state index contributed by atoms with van der Waals surface area (Å²) >= 11 is 0. The third kappa shape index (κ3) is 0.999. The van der Waals surface area contributed by atoms with Crippen molar-refractivity contribution in [2.24, 2.45) is 0 Å². The highest BCUT2D eigenvalue weighted by Crippen LogP contribution is 2.30. The summed E-state index contributed by atoms with van der Waals surface area (Å²) in [6.45, 7) is 0. The third-order valence-electron chi connectivity index (χ3n) is 3.17. The quantitative estimate of drug-likeness (QED) is 0.665. The molecule has 0 aromatic carbocycles. The van der Waals surface area contributed by atoms with E-state index < -0.39 is 0 Å². The molecule has 1 heterocycles. The lowest BCUT2D eigenvalue weighted by molar-refractivity contribution is 0.0971. The van der Waals surface area contributed by atoms with Crippen LogP contribution >= 0.6 is 0 Å². The van der Waals surface area contributed by atoms with E-state index in [1.807, 2.05) is 0 Å². The Morgan fingerprint density at radius 1 is 1.21 bits per heavy atom. The average Bonchev–Trinajstić information content (AvgIpc) is 2.57. The Kier molecular flexibility index (Phi) is 1.63. The SMILES string of the molecule is O=C1CCCc2[nH]c3c(c21)CCC=C3. The lowest BCUT2D eigenvalue weighted by Gasteiger charge is -2.12. The Bertz CT molecular complexity index is 426. The number of carbonyl (C=O) groups excluding carboxylic acids is 1. The van der Waals surface area contributed by atoms with Gasteiger partial charge in [-0.25, -0.2) is 0 Å². The van der Waals surface area contributed by atoms with E-state index in [1.165, 1.54) is 17.0 Å². The van der Waals surface area contributed by atoms with Gasteiger partial charge in [0.2, 0.25) is 0 Å². The highest BCUT2D eigenvalue weighted by Gasteiger charge is 2.25. The highest BCUT2D eigenvalue weighted by molar-refractivity contribution is 6.00. The van der Waals surface area contributed by atoms with Gasteiger partial charge in [0.05, 0.1) is 0 Å². The van der Waals surface area contributed by atoms with Crippen LogP contribution in [0.1, 0.15) is 46.6 Å². The van der Waals surface area contributed by atoms with Crippen molar-refractivity contribution >= 4 is 11.9 Å². The predicted octanol–water partition coefficient (Wildman–Crippen LogP) is 2.49. The molecule has 0 unspecified atom stereocenters. The van der Waals surface area contributed by atoms with Crippen molar-refractivity contribution in [1.29, 1.82) is 0 Å². The maximum Gasteiger partial charge on any atom is 0.164 e. The first-order chi connectivity index (χ1) is 6.86. The van der Waals surface area contributed by atoms with E-state index in [0.29, 0.717) is 5.78 Å². The van der Waals surface area contributed by atoms with Crippen LogP contribution < -0.4 is 0 Å². The summed E-state index contributed by atoms with van der Waals surface area (Å²) in [5.41, 5.74) is 4.65. The first-order valence-corrected chi connectivity index (χ1v) is 5.30. The van der Waals surface area contributed by atoms with Crippen molar-refractivity contribution in [3.63, 3.8) is 0 Å². The number of ketones is 1. The van der Waals surface area contributed by atoms with Gasteiger partial charge in [-0.2, -0.15) is 0 Å². The van der Waals surface area contributed by atoms with Crippen LogP contribution in [0.15, 0.2) is 6.08 Å². The molecular formula is C12H13NO. The lowest BCUT2D eigenvalue weighted by Crippen LogP contribution is -2.11. The zero-order chi connectivity index (χ0) is 9.54. The van der Waals surface area contributed by atoms with Crippen LogP contribution in [-0.2, 0) is 12.8 Å². The number of nitrogens with one attached hydrogen (secondary N) is 1. The number of hydrogen-bond acceptors (Lipinski definition) is 1. The van der Waals surface area contributed by atoms with Gasteiger partial charge in [0, 0.05) is 23.4 Å². The number of rotatable bonds is 0. The molecule has 0 aliphatic heterocycles. The standard InChI is InChI=1S/C12H13NO/c14-11-7-3-6-10-12(11)8-4-1-2-5-9(8)13-10/h2,5,13H,1,3-4,6-7H2. The van der Waals surface area contributed by atoms with Gasteiger partial charge in [-0.3, -0.25) is 4.79 Å². The Hall–Kier alpha value is -1.31. The molecule has 0 amide bonds. The molecule has 2 aliphatic rings. The van der Waals surface area contributed by atoms with Crippen LogP contribution in [-0.4, -0.2) is 10.8 Å². The maximum absolute atomic E-state index is 11.8. The summed E-state index contributed by atoms with van der Waals surface area (Å²) < 4.78 is 0. The van der Waals surface area contributed by atoms with Gasteiger partial charge >= 0.3 is 0 Å². The Labute approximate surface area is 83.0 Å². The van der Waals surface area contributed by atoms with Crippen LogP contribution in [0.3, 0.4) is 0 Å². The number of allylic oxidation sites excluding steroid dienone is 1. The van der Waals surface area contributed by atoms with E-state index in [-0.39, 0.29) is 0 Å². The fraction of sp³-hybridized carbons (Fsp3) is 0.417. The maximum atomic E-state index is 11.8. The molecular weight excluding hydrogens is 174 g/mol. The smallest absolute Gasteiger partial charge is 0.164 e. The number of aromatic amines is 1. The normalized spacial score (nSPS) is 19.3. The second kappa shape index (κ2) is 2.84. The van der Waals surface area contributed by atoms with Gasteiger partial charge in [0.1, 0.15) is 0 Å². The van der Waals surface area contributed by atoms with Crippen LogP contribution in [0, 0.1) is 0 Å². The van der Waals surface area contributed by atoms with E-state index in [0.717, 1.165) is 37.7 Å². The first kappa shape index (κ1) is 8.04. The minimum atomic E-state index is 0.346. The largest absolute Gasteiger partial charge is 0.358 e.